The molecule has 0 radical (unpaired) electrons. The summed E-state index contributed by atoms with van der Waals surface area (Å²) in [6, 6.07) is 29.8. The van der Waals surface area contributed by atoms with Crippen LogP contribution in [0.5, 0.6) is 0 Å². The first-order valence-electron chi connectivity index (χ1n) is 11.2. The SMILES string of the molecule is O=C1c2ccccc2CN1C1CN(C/C=C\CC(c2ccccc2)c2ccccc2)C1. The number of rotatable bonds is 7. The number of hydrogen-bond acceptors (Lipinski definition) is 2. The first-order chi connectivity index (χ1) is 15.3. The quantitative estimate of drug-likeness (QED) is 0.508. The smallest absolute Gasteiger partial charge is 0.254 e. The van der Waals surface area contributed by atoms with E-state index in [4.69, 9.17) is 0 Å². The number of carbonyl (C=O) groups is 1. The van der Waals surface area contributed by atoms with Crippen molar-refractivity contribution in [2.24, 2.45) is 0 Å². The van der Waals surface area contributed by atoms with E-state index >= 15 is 0 Å². The normalized spacial score (nSPS) is 16.8. The van der Waals surface area contributed by atoms with Gasteiger partial charge in [0.05, 0.1) is 6.04 Å². The summed E-state index contributed by atoms with van der Waals surface area (Å²) in [7, 11) is 0. The molecule has 0 aromatic heterocycles. The lowest BCUT2D eigenvalue weighted by atomic mass is 9.88. The third-order valence-corrected chi connectivity index (χ3v) is 6.53. The van der Waals surface area contributed by atoms with Gasteiger partial charge in [-0.3, -0.25) is 9.69 Å². The van der Waals surface area contributed by atoms with Crippen molar-refractivity contribution in [3.05, 3.63) is 119 Å². The van der Waals surface area contributed by atoms with E-state index in [1.165, 1.54) is 16.7 Å². The second-order valence-corrected chi connectivity index (χ2v) is 8.54. The molecule has 5 rings (SSSR count). The molecule has 0 unspecified atom stereocenters. The average Bonchev–Trinajstić information content (AvgIpc) is 3.12. The van der Waals surface area contributed by atoms with Crippen molar-refractivity contribution >= 4 is 5.91 Å². The largest absolute Gasteiger partial charge is 0.329 e. The Labute approximate surface area is 184 Å². The molecule has 0 aliphatic carbocycles. The first kappa shape index (κ1) is 19.8. The minimum absolute atomic E-state index is 0.198. The number of fused-ring (bicyclic) bond motifs is 1. The Morgan fingerprint density at radius 2 is 1.42 bits per heavy atom. The van der Waals surface area contributed by atoms with Crippen LogP contribution in [0.4, 0.5) is 0 Å². The maximum atomic E-state index is 12.6. The van der Waals surface area contributed by atoms with Gasteiger partial charge in [0.1, 0.15) is 0 Å². The molecule has 3 heteroatoms. The van der Waals surface area contributed by atoms with E-state index in [0.29, 0.717) is 12.0 Å². The molecule has 1 saturated heterocycles. The van der Waals surface area contributed by atoms with Crippen LogP contribution >= 0.6 is 0 Å². The van der Waals surface area contributed by atoms with Crippen LogP contribution in [0.2, 0.25) is 0 Å². The van der Waals surface area contributed by atoms with Crippen LogP contribution < -0.4 is 0 Å². The van der Waals surface area contributed by atoms with E-state index in [2.05, 4.69) is 83.8 Å². The van der Waals surface area contributed by atoms with Crippen LogP contribution in [0.1, 0.15) is 39.4 Å². The van der Waals surface area contributed by atoms with E-state index in [-0.39, 0.29) is 5.91 Å². The number of nitrogens with zero attached hydrogens (tertiary/aromatic N) is 2. The number of amides is 1. The minimum atomic E-state index is 0.198. The van der Waals surface area contributed by atoms with Crippen molar-refractivity contribution in [3.63, 3.8) is 0 Å². The monoisotopic (exact) mass is 408 g/mol. The van der Waals surface area contributed by atoms with E-state index in [9.17, 15) is 4.79 Å². The van der Waals surface area contributed by atoms with Crippen molar-refractivity contribution in [2.75, 3.05) is 19.6 Å². The van der Waals surface area contributed by atoms with Gasteiger partial charge < -0.3 is 4.90 Å². The van der Waals surface area contributed by atoms with Gasteiger partial charge in [-0.1, -0.05) is 91.0 Å². The zero-order valence-corrected chi connectivity index (χ0v) is 17.7. The molecule has 31 heavy (non-hydrogen) atoms. The third-order valence-electron chi connectivity index (χ3n) is 6.53. The van der Waals surface area contributed by atoms with Gasteiger partial charge in [0, 0.05) is 37.7 Å². The van der Waals surface area contributed by atoms with Gasteiger partial charge in [-0.15, -0.1) is 0 Å². The molecule has 0 bridgehead atoms. The van der Waals surface area contributed by atoms with Crippen molar-refractivity contribution in [2.45, 2.75) is 24.9 Å². The molecule has 1 fully saturated rings. The van der Waals surface area contributed by atoms with Gasteiger partial charge in [0.25, 0.3) is 5.91 Å². The molecule has 156 valence electrons. The van der Waals surface area contributed by atoms with Gasteiger partial charge in [-0.25, -0.2) is 0 Å². The maximum Gasteiger partial charge on any atom is 0.254 e. The lowest BCUT2D eigenvalue weighted by Gasteiger charge is -2.43. The summed E-state index contributed by atoms with van der Waals surface area (Å²) in [6.45, 7) is 3.64. The highest BCUT2D eigenvalue weighted by Crippen LogP contribution is 2.29. The number of benzene rings is 3. The molecule has 3 nitrogen and oxygen atoms in total. The number of likely N-dealkylation sites (tertiary alicyclic amines) is 1. The van der Waals surface area contributed by atoms with Gasteiger partial charge in [-0.2, -0.15) is 0 Å². The summed E-state index contributed by atoms with van der Waals surface area (Å²) < 4.78 is 0. The second kappa shape index (κ2) is 8.91. The molecule has 3 aromatic carbocycles. The van der Waals surface area contributed by atoms with E-state index in [1.807, 2.05) is 23.1 Å². The fraction of sp³-hybridized carbons (Fsp3) is 0.250. The number of hydrogen-bond donors (Lipinski definition) is 0. The van der Waals surface area contributed by atoms with Gasteiger partial charge >= 0.3 is 0 Å². The number of allylic oxidation sites excluding steroid dienone is 1. The summed E-state index contributed by atoms with van der Waals surface area (Å²) in [4.78, 5) is 17.1. The third kappa shape index (κ3) is 4.19. The molecule has 0 saturated carbocycles. The highest BCUT2D eigenvalue weighted by molar-refractivity contribution is 5.98. The van der Waals surface area contributed by atoms with E-state index in [1.54, 1.807) is 0 Å². The molecule has 0 spiro atoms. The fourth-order valence-corrected chi connectivity index (χ4v) is 4.75. The Bertz CT molecular complexity index is 1020. The van der Waals surface area contributed by atoms with Crippen LogP contribution in [0, 0.1) is 0 Å². The highest BCUT2D eigenvalue weighted by Gasteiger charge is 2.38. The Morgan fingerprint density at radius 1 is 0.806 bits per heavy atom. The molecule has 1 amide bonds. The van der Waals surface area contributed by atoms with Crippen LogP contribution in [-0.2, 0) is 6.54 Å². The molecule has 2 aliphatic heterocycles. The average molecular weight is 409 g/mol. The standard InChI is InChI=1S/C28H28N2O/c31-28-27-17-8-7-15-24(27)19-30(28)25-20-29(21-25)18-10-9-16-26(22-11-3-1-4-12-22)23-13-5-2-6-14-23/h1-15,17,25-26H,16,18-21H2/b10-9-. The second-order valence-electron chi connectivity index (χ2n) is 8.54. The van der Waals surface area contributed by atoms with Crippen molar-refractivity contribution in [1.29, 1.82) is 0 Å². The van der Waals surface area contributed by atoms with Crippen LogP contribution in [-0.4, -0.2) is 41.4 Å². The van der Waals surface area contributed by atoms with Crippen LogP contribution in [0.25, 0.3) is 0 Å². The zero-order valence-electron chi connectivity index (χ0n) is 17.7. The Hall–Kier alpha value is -3.17. The topological polar surface area (TPSA) is 23.6 Å². The molecule has 0 N–H and O–H groups in total. The lowest BCUT2D eigenvalue weighted by Crippen LogP contribution is -2.59. The van der Waals surface area contributed by atoms with Crippen molar-refractivity contribution in [3.8, 4) is 0 Å². The fourth-order valence-electron chi connectivity index (χ4n) is 4.75. The highest BCUT2D eigenvalue weighted by atomic mass is 16.2. The van der Waals surface area contributed by atoms with Crippen molar-refractivity contribution < 1.29 is 4.79 Å². The number of carbonyl (C=O) groups excluding carboxylic acids is 1. The Balaban J connectivity index is 1.14. The first-order valence-corrected chi connectivity index (χ1v) is 11.2. The van der Waals surface area contributed by atoms with Crippen molar-refractivity contribution in [1.82, 2.24) is 9.80 Å². The zero-order chi connectivity index (χ0) is 21.0. The summed E-state index contributed by atoms with van der Waals surface area (Å²) >= 11 is 0. The van der Waals surface area contributed by atoms with E-state index in [0.717, 1.165) is 38.2 Å². The van der Waals surface area contributed by atoms with Gasteiger partial charge in [-0.05, 0) is 29.2 Å². The van der Waals surface area contributed by atoms with Crippen LogP contribution in [0.3, 0.4) is 0 Å². The van der Waals surface area contributed by atoms with Crippen LogP contribution in [0.15, 0.2) is 97.1 Å². The molecule has 3 aromatic rings. The molecular formula is C28H28N2O. The van der Waals surface area contributed by atoms with Gasteiger partial charge in [0.2, 0.25) is 0 Å². The Morgan fingerprint density at radius 3 is 2.06 bits per heavy atom. The lowest BCUT2D eigenvalue weighted by molar-refractivity contribution is 0.0333. The predicted octanol–water partition coefficient (Wildman–Crippen LogP) is 5.11. The Kier molecular flexibility index (Phi) is 5.68. The minimum Gasteiger partial charge on any atom is -0.329 e. The van der Waals surface area contributed by atoms with Gasteiger partial charge in [0.15, 0.2) is 0 Å². The molecule has 2 heterocycles. The molecular weight excluding hydrogens is 380 g/mol. The summed E-state index contributed by atoms with van der Waals surface area (Å²) in [5.41, 5.74) is 4.76. The molecule has 2 aliphatic rings. The summed E-state index contributed by atoms with van der Waals surface area (Å²) in [5.74, 6) is 0.577. The summed E-state index contributed by atoms with van der Waals surface area (Å²) in [5, 5.41) is 0. The van der Waals surface area contributed by atoms with E-state index < -0.39 is 0 Å². The maximum absolute atomic E-state index is 12.6. The molecule has 0 atom stereocenters. The summed E-state index contributed by atoms with van der Waals surface area (Å²) in [6.07, 6.45) is 5.59. The predicted molar refractivity (Wildman–Crippen MR) is 125 cm³/mol.